The number of halogens is 5. The molecule has 0 atom stereocenters. The number of rotatable bonds is 3. The maximum absolute atomic E-state index is 13.3. The Morgan fingerprint density at radius 3 is 1.67 bits per heavy atom. The Bertz CT molecular complexity index is 734. The molecule has 2 aromatic carbocycles. The summed E-state index contributed by atoms with van der Waals surface area (Å²) in [5.74, 6) is -14.5. The number of hydrogen-bond acceptors (Lipinski definition) is 4. The van der Waals surface area contributed by atoms with Crippen molar-refractivity contribution in [2.45, 2.75) is 13.8 Å². The lowest BCUT2D eigenvalue weighted by molar-refractivity contribution is 0.0716. The van der Waals surface area contributed by atoms with Gasteiger partial charge in [0.15, 0.2) is 0 Å². The fourth-order valence-corrected chi connectivity index (χ4v) is 1.48. The lowest BCUT2D eigenvalue weighted by Gasteiger charge is -2.08. The molecule has 9 heteroatoms. The van der Waals surface area contributed by atoms with Gasteiger partial charge in [0, 0.05) is 0 Å². The molecule has 0 bridgehead atoms. The second-order valence-corrected chi connectivity index (χ2v) is 3.93. The SMILES string of the molecule is CC.O=Nc1ccc(C(=O)Oc2c(F)c(F)c(F)c(F)c2F)cc1. The summed E-state index contributed by atoms with van der Waals surface area (Å²) in [5, 5.41) is 2.55. The smallest absolute Gasteiger partial charge is 0.343 e. The number of carbonyl (C=O) groups is 1. The highest BCUT2D eigenvalue weighted by Crippen LogP contribution is 2.29. The van der Waals surface area contributed by atoms with Gasteiger partial charge in [-0.1, -0.05) is 13.8 Å². The zero-order valence-electron chi connectivity index (χ0n) is 12.4. The Kier molecular flexibility index (Phi) is 6.51. The number of esters is 1. The summed E-state index contributed by atoms with van der Waals surface area (Å²) in [6.45, 7) is 4.00. The molecule has 0 saturated heterocycles. The van der Waals surface area contributed by atoms with Crippen LogP contribution in [0.2, 0.25) is 0 Å². The first kappa shape index (κ1) is 19.2. The van der Waals surface area contributed by atoms with Crippen molar-refractivity contribution in [3.05, 3.63) is 63.8 Å². The van der Waals surface area contributed by atoms with Crippen molar-refractivity contribution < 1.29 is 31.5 Å². The second kappa shape index (κ2) is 8.14. The average molecular weight is 347 g/mol. The second-order valence-electron chi connectivity index (χ2n) is 3.93. The molecular formula is C15H10F5NO3. The average Bonchev–Trinajstić information content (AvgIpc) is 2.63. The molecule has 0 spiro atoms. The predicted octanol–water partition coefficient (Wildman–Crippen LogP) is 5.03. The van der Waals surface area contributed by atoms with Gasteiger partial charge in [-0.15, -0.1) is 4.91 Å². The van der Waals surface area contributed by atoms with E-state index in [1.807, 2.05) is 13.8 Å². The Labute approximate surface area is 132 Å². The van der Waals surface area contributed by atoms with Gasteiger partial charge in [-0.2, -0.15) is 8.78 Å². The summed E-state index contributed by atoms with van der Waals surface area (Å²) >= 11 is 0. The molecule has 0 aliphatic carbocycles. The minimum atomic E-state index is -2.36. The minimum Gasteiger partial charge on any atom is -0.416 e. The largest absolute Gasteiger partial charge is 0.416 e. The first-order chi connectivity index (χ1) is 11.4. The number of nitroso groups, excluding NO2 is 1. The molecular weight excluding hydrogens is 337 g/mol. The Hall–Kier alpha value is -2.84. The van der Waals surface area contributed by atoms with Gasteiger partial charge in [0.05, 0.1) is 5.56 Å². The van der Waals surface area contributed by atoms with Gasteiger partial charge in [-0.3, -0.25) is 0 Å². The van der Waals surface area contributed by atoms with E-state index < -0.39 is 40.8 Å². The van der Waals surface area contributed by atoms with E-state index in [4.69, 9.17) is 0 Å². The van der Waals surface area contributed by atoms with Crippen molar-refractivity contribution in [2.24, 2.45) is 5.18 Å². The summed E-state index contributed by atoms with van der Waals surface area (Å²) in [6.07, 6.45) is 0. The molecule has 128 valence electrons. The van der Waals surface area contributed by atoms with Crippen molar-refractivity contribution in [3.63, 3.8) is 0 Å². The third-order valence-electron chi connectivity index (χ3n) is 2.57. The standard InChI is InChI=1S/C13H4F5NO3.C2H6/c14-7-8(15)10(17)12(11(18)9(7)16)22-13(20)5-1-3-6(19-21)4-2-5;1-2/h1-4H;1-2H3. The van der Waals surface area contributed by atoms with E-state index in [0.29, 0.717) is 0 Å². The zero-order chi connectivity index (χ0) is 18.4. The van der Waals surface area contributed by atoms with E-state index in [9.17, 15) is 31.7 Å². The number of hydrogen-bond donors (Lipinski definition) is 0. The van der Waals surface area contributed by atoms with E-state index in [1.165, 1.54) is 0 Å². The highest BCUT2D eigenvalue weighted by atomic mass is 19.2. The molecule has 0 N–H and O–H groups in total. The first-order valence-electron chi connectivity index (χ1n) is 6.53. The van der Waals surface area contributed by atoms with Gasteiger partial charge in [-0.05, 0) is 29.4 Å². The third kappa shape index (κ3) is 3.73. The molecule has 0 unspecified atom stereocenters. The van der Waals surface area contributed by atoms with Gasteiger partial charge in [-0.25, -0.2) is 18.0 Å². The van der Waals surface area contributed by atoms with E-state index in [1.54, 1.807) is 0 Å². The van der Waals surface area contributed by atoms with E-state index in [0.717, 1.165) is 24.3 Å². The molecule has 0 heterocycles. The number of benzene rings is 2. The lowest BCUT2D eigenvalue weighted by Crippen LogP contribution is -2.13. The van der Waals surface area contributed by atoms with Crippen LogP contribution in [0.5, 0.6) is 5.75 Å². The quantitative estimate of drug-likeness (QED) is 0.195. The van der Waals surface area contributed by atoms with Crippen LogP contribution in [-0.2, 0) is 0 Å². The molecule has 0 fully saturated rings. The van der Waals surface area contributed by atoms with Gasteiger partial charge in [0.2, 0.25) is 34.8 Å². The number of ether oxygens (including phenoxy) is 1. The van der Waals surface area contributed by atoms with Gasteiger partial charge in [0.1, 0.15) is 5.69 Å². The van der Waals surface area contributed by atoms with Crippen molar-refractivity contribution in [1.82, 2.24) is 0 Å². The topological polar surface area (TPSA) is 55.7 Å². The van der Waals surface area contributed by atoms with Crippen LogP contribution in [0.1, 0.15) is 24.2 Å². The molecule has 2 aromatic rings. The predicted molar refractivity (Wildman–Crippen MR) is 74.4 cm³/mol. The van der Waals surface area contributed by atoms with E-state index in [2.05, 4.69) is 9.91 Å². The van der Waals surface area contributed by atoms with Crippen LogP contribution in [0.4, 0.5) is 27.6 Å². The van der Waals surface area contributed by atoms with Gasteiger partial charge in [0.25, 0.3) is 0 Å². The monoisotopic (exact) mass is 347 g/mol. The van der Waals surface area contributed by atoms with Gasteiger partial charge >= 0.3 is 5.97 Å². The third-order valence-corrected chi connectivity index (χ3v) is 2.57. The van der Waals surface area contributed by atoms with Crippen LogP contribution in [0.15, 0.2) is 29.4 Å². The van der Waals surface area contributed by atoms with Crippen LogP contribution in [0, 0.1) is 34.0 Å². The highest BCUT2D eigenvalue weighted by Gasteiger charge is 2.28. The molecule has 0 radical (unpaired) electrons. The summed E-state index contributed by atoms with van der Waals surface area (Å²) < 4.78 is 69.6. The lowest BCUT2D eigenvalue weighted by atomic mass is 10.2. The molecule has 0 amide bonds. The van der Waals surface area contributed by atoms with Crippen LogP contribution in [-0.4, -0.2) is 5.97 Å². The van der Waals surface area contributed by atoms with Crippen molar-refractivity contribution in [1.29, 1.82) is 0 Å². The Morgan fingerprint density at radius 1 is 0.833 bits per heavy atom. The van der Waals surface area contributed by atoms with E-state index >= 15 is 0 Å². The van der Waals surface area contributed by atoms with Crippen molar-refractivity contribution >= 4 is 11.7 Å². The molecule has 0 aliphatic heterocycles. The maximum Gasteiger partial charge on any atom is 0.343 e. The van der Waals surface area contributed by atoms with Gasteiger partial charge < -0.3 is 4.74 Å². The molecule has 4 nitrogen and oxygen atoms in total. The molecule has 0 aromatic heterocycles. The molecule has 0 aliphatic rings. The fourth-order valence-electron chi connectivity index (χ4n) is 1.48. The molecule has 2 rings (SSSR count). The van der Waals surface area contributed by atoms with Crippen molar-refractivity contribution in [2.75, 3.05) is 0 Å². The summed E-state index contributed by atoms with van der Waals surface area (Å²) in [5.41, 5.74) is -0.316. The summed E-state index contributed by atoms with van der Waals surface area (Å²) in [7, 11) is 0. The number of nitrogens with zero attached hydrogens (tertiary/aromatic N) is 1. The minimum absolute atomic E-state index is 0.0345. The van der Waals surface area contributed by atoms with Crippen LogP contribution in [0.3, 0.4) is 0 Å². The summed E-state index contributed by atoms with van der Waals surface area (Å²) in [6, 6.07) is 4.26. The first-order valence-corrected chi connectivity index (χ1v) is 6.53. The molecule has 24 heavy (non-hydrogen) atoms. The normalized spacial score (nSPS) is 9.79. The number of carbonyl (C=O) groups excluding carboxylic acids is 1. The highest BCUT2D eigenvalue weighted by molar-refractivity contribution is 5.91. The van der Waals surface area contributed by atoms with Crippen LogP contribution in [0.25, 0.3) is 0 Å². The Morgan fingerprint density at radius 2 is 1.25 bits per heavy atom. The summed E-state index contributed by atoms with van der Waals surface area (Å²) in [4.78, 5) is 21.8. The van der Waals surface area contributed by atoms with E-state index in [-0.39, 0.29) is 11.3 Å². The Balaban J connectivity index is 0.00000139. The van der Waals surface area contributed by atoms with Crippen molar-refractivity contribution in [3.8, 4) is 5.75 Å². The van der Waals surface area contributed by atoms with Crippen LogP contribution < -0.4 is 4.74 Å². The van der Waals surface area contributed by atoms with Crippen LogP contribution >= 0.6 is 0 Å². The molecule has 0 saturated carbocycles. The maximum atomic E-state index is 13.3. The fraction of sp³-hybridized carbons (Fsp3) is 0.133. The zero-order valence-corrected chi connectivity index (χ0v) is 12.4.